The van der Waals surface area contributed by atoms with Gasteiger partial charge in [-0.05, 0) is 49.9 Å². The maximum atomic E-state index is 9.57. The average Bonchev–Trinajstić information content (AvgIpc) is 2.39. The molecule has 1 nitrogen and oxygen atoms in total. The second-order valence-corrected chi connectivity index (χ2v) is 6.48. The molecule has 0 amide bonds. The first-order valence-electron chi connectivity index (χ1n) is 7.97. The summed E-state index contributed by atoms with van der Waals surface area (Å²) in [6.07, 6.45) is 14.9. The Bertz CT molecular complexity index is 200. The lowest BCUT2D eigenvalue weighted by Gasteiger charge is -2.34. The van der Waals surface area contributed by atoms with Crippen LogP contribution in [0, 0.1) is 17.8 Å². The van der Waals surface area contributed by atoms with Crippen molar-refractivity contribution in [3.05, 3.63) is 0 Å². The third kappa shape index (κ3) is 3.98. The van der Waals surface area contributed by atoms with E-state index in [1.165, 1.54) is 57.8 Å². The minimum atomic E-state index is 0.0148. The monoisotopic (exact) mass is 238 g/mol. The molecule has 2 fully saturated rings. The second kappa shape index (κ2) is 6.78. The van der Waals surface area contributed by atoms with Gasteiger partial charge in [-0.25, -0.2) is 0 Å². The van der Waals surface area contributed by atoms with Crippen molar-refractivity contribution in [2.24, 2.45) is 17.8 Å². The van der Waals surface area contributed by atoms with E-state index in [0.29, 0.717) is 0 Å². The summed E-state index contributed by atoms with van der Waals surface area (Å²) in [5, 5.41) is 9.57. The maximum absolute atomic E-state index is 9.57. The van der Waals surface area contributed by atoms with Crippen LogP contribution in [0.2, 0.25) is 0 Å². The van der Waals surface area contributed by atoms with E-state index in [2.05, 4.69) is 6.92 Å². The van der Waals surface area contributed by atoms with Gasteiger partial charge in [0, 0.05) is 0 Å². The molecule has 0 heterocycles. The molecule has 0 bridgehead atoms. The molecule has 17 heavy (non-hydrogen) atoms. The lowest BCUT2D eigenvalue weighted by molar-refractivity contribution is 0.0931. The van der Waals surface area contributed by atoms with E-state index < -0.39 is 0 Å². The average molecular weight is 238 g/mol. The molecule has 0 aromatic heterocycles. The van der Waals surface area contributed by atoms with Crippen molar-refractivity contribution in [1.29, 1.82) is 0 Å². The van der Waals surface area contributed by atoms with Gasteiger partial charge in [0.15, 0.2) is 0 Å². The van der Waals surface area contributed by atoms with Gasteiger partial charge in [0.25, 0.3) is 0 Å². The van der Waals surface area contributed by atoms with Crippen molar-refractivity contribution in [3.8, 4) is 0 Å². The van der Waals surface area contributed by atoms with Crippen LogP contribution in [0.5, 0.6) is 0 Å². The van der Waals surface area contributed by atoms with Crippen LogP contribution in [0.3, 0.4) is 0 Å². The van der Waals surface area contributed by atoms with Crippen molar-refractivity contribution in [3.63, 3.8) is 0 Å². The Morgan fingerprint density at radius 1 is 0.941 bits per heavy atom. The zero-order valence-electron chi connectivity index (χ0n) is 11.5. The molecule has 1 unspecified atom stereocenters. The summed E-state index contributed by atoms with van der Waals surface area (Å²) in [5.74, 6) is 2.93. The number of hydrogen-bond acceptors (Lipinski definition) is 1. The topological polar surface area (TPSA) is 20.2 Å². The van der Waals surface area contributed by atoms with E-state index >= 15 is 0 Å². The van der Waals surface area contributed by atoms with Crippen LogP contribution in [-0.2, 0) is 0 Å². The Morgan fingerprint density at radius 3 is 2.18 bits per heavy atom. The van der Waals surface area contributed by atoms with E-state index in [0.717, 1.165) is 30.6 Å². The first-order chi connectivity index (χ1) is 8.29. The molecule has 1 heteroatoms. The van der Waals surface area contributed by atoms with E-state index in [1.807, 2.05) is 0 Å². The molecule has 2 aliphatic rings. The predicted molar refractivity (Wildman–Crippen MR) is 72.9 cm³/mol. The van der Waals surface area contributed by atoms with Crippen LogP contribution in [0.15, 0.2) is 0 Å². The number of rotatable bonds is 4. The lowest BCUT2D eigenvalue weighted by Crippen LogP contribution is -2.24. The van der Waals surface area contributed by atoms with Gasteiger partial charge < -0.3 is 5.11 Å². The molecular formula is C16H30O. The number of hydrogen-bond donors (Lipinski definition) is 1. The van der Waals surface area contributed by atoms with Gasteiger partial charge in [-0.2, -0.15) is 0 Å². The Labute approximate surface area is 107 Å². The van der Waals surface area contributed by atoms with Crippen molar-refractivity contribution in [2.75, 3.05) is 0 Å². The van der Waals surface area contributed by atoms with Crippen LogP contribution in [0.1, 0.15) is 77.6 Å². The van der Waals surface area contributed by atoms with E-state index in [-0.39, 0.29) is 6.10 Å². The first-order valence-corrected chi connectivity index (χ1v) is 7.97. The Balaban J connectivity index is 1.78. The van der Waals surface area contributed by atoms with Gasteiger partial charge in [-0.15, -0.1) is 0 Å². The SMILES string of the molecule is CCC(CC1CCC(O)CC1)C1CCCCC1. The van der Waals surface area contributed by atoms with Crippen LogP contribution >= 0.6 is 0 Å². The summed E-state index contributed by atoms with van der Waals surface area (Å²) in [5.41, 5.74) is 0. The molecule has 1 atom stereocenters. The molecule has 0 spiro atoms. The Morgan fingerprint density at radius 2 is 1.59 bits per heavy atom. The summed E-state index contributed by atoms with van der Waals surface area (Å²) in [6, 6.07) is 0. The van der Waals surface area contributed by atoms with Crippen LogP contribution in [-0.4, -0.2) is 11.2 Å². The minimum absolute atomic E-state index is 0.0148. The zero-order valence-corrected chi connectivity index (χ0v) is 11.5. The molecule has 2 aliphatic carbocycles. The van der Waals surface area contributed by atoms with Gasteiger partial charge in [-0.3, -0.25) is 0 Å². The third-order valence-corrected chi connectivity index (χ3v) is 5.29. The first kappa shape index (κ1) is 13.4. The molecule has 100 valence electrons. The zero-order chi connectivity index (χ0) is 12.1. The summed E-state index contributed by atoms with van der Waals surface area (Å²) < 4.78 is 0. The molecule has 2 rings (SSSR count). The Kier molecular flexibility index (Phi) is 5.34. The fourth-order valence-electron chi connectivity index (χ4n) is 4.11. The van der Waals surface area contributed by atoms with Crippen molar-refractivity contribution >= 4 is 0 Å². The lowest BCUT2D eigenvalue weighted by atomic mass is 9.72. The highest BCUT2D eigenvalue weighted by Gasteiger charge is 2.27. The molecule has 2 saturated carbocycles. The summed E-state index contributed by atoms with van der Waals surface area (Å²) in [6.45, 7) is 2.39. The van der Waals surface area contributed by atoms with Crippen LogP contribution < -0.4 is 0 Å². The fourth-order valence-corrected chi connectivity index (χ4v) is 4.11. The fraction of sp³-hybridized carbons (Fsp3) is 1.00. The molecule has 0 saturated heterocycles. The number of aliphatic hydroxyl groups excluding tert-OH is 1. The van der Waals surface area contributed by atoms with Gasteiger partial charge in [0.2, 0.25) is 0 Å². The van der Waals surface area contributed by atoms with Crippen molar-refractivity contribution in [2.45, 2.75) is 83.7 Å². The van der Waals surface area contributed by atoms with E-state index in [9.17, 15) is 5.11 Å². The van der Waals surface area contributed by atoms with Crippen LogP contribution in [0.25, 0.3) is 0 Å². The summed E-state index contributed by atoms with van der Waals surface area (Å²) in [4.78, 5) is 0. The molecule has 1 N–H and O–H groups in total. The summed E-state index contributed by atoms with van der Waals surface area (Å²) >= 11 is 0. The predicted octanol–water partition coefficient (Wildman–Crippen LogP) is 4.53. The molecule has 0 aromatic carbocycles. The highest BCUT2D eigenvalue weighted by molar-refractivity contribution is 4.79. The number of aliphatic hydroxyl groups is 1. The second-order valence-electron chi connectivity index (χ2n) is 6.48. The smallest absolute Gasteiger partial charge is 0.0540 e. The van der Waals surface area contributed by atoms with Gasteiger partial charge in [0.1, 0.15) is 0 Å². The van der Waals surface area contributed by atoms with Gasteiger partial charge >= 0.3 is 0 Å². The standard InChI is InChI=1S/C16H30O/c1-2-14(15-6-4-3-5-7-15)12-13-8-10-16(17)11-9-13/h13-17H,2-12H2,1H3. The van der Waals surface area contributed by atoms with Gasteiger partial charge in [-0.1, -0.05) is 45.4 Å². The molecule has 0 radical (unpaired) electrons. The highest BCUT2D eigenvalue weighted by atomic mass is 16.3. The quantitative estimate of drug-likeness (QED) is 0.762. The van der Waals surface area contributed by atoms with Crippen LogP contribution in [0.4, 0.5) is 0 Å². The summed E-state index contributed by atoms with van der Waals surface area (Å²) in [7, 11) is 0. The molecule has 0 aromatic rings. The highest BCUT2D eigenvalue weighted by Crippen LogP contribution is 2.38. The van der Waals surface area contributed by atoms with Crippen molar-refractivity contribution in [1.82, 2.24) is 0 Å². The van der Waals surface area contributed by atoms with Crippen molar-refractivity contribution < 1.29 is 5.11 Å². The molecule has 0 aliphatic heterocycles. The van der Waals surface area contributed by atoms with E-state index in [1.54, 1.807) is 0 Å². The minimum Gasteiger partial charge on any atom is -0.393 e. The maximum Gasteiger partial charge on any atom is 0.0540 e. The third-order valence-electron chi connectivity index (χ3n) is 5.29. The normalized spacial score (nSPS) is 33.5. The Hall–Kier alpha value is -0.0400. The molecular weight excluding hydrogens is 208 g/mol. The van der Waals surface area contributed by atoms with Gasteiger partial charge in [0.05, 0.1) is 6.10 Å². The largest absolute Gasteiger partial charge is 0.393 e. The van der Waals surface area contributed by atoms with E-state index in [4.69, 9.17) is 0 Å².